The fraction of sp³-hybridized carbons (Fsp3) is 0.500. The molecule has 4 aromatic rings. The minimum absolute atomic E-state index is 0.116. The van der Waals surface area contributed by atoms with Crippen LogP contribution in [0.1, 0.15) is 80.1 Å². The lowest BCUT2D eigenvalue weighted by molar-refractivity contribution is 0.0571. The molecule has 0 aliphatic rings. The Balaban J connectivity index is 1.64. The maximum Gasteiger partial charge on any atom is 0.167 e. The summed E-state index contributed by atoms with van der Waals surface area (Å²) >= 11 is 0. The summed E-state index contributed by atoms with van der Waals surface area (Å²) in [5.41, 5.74) is 0.894. The molecule has 3 atom stereocenters. The Morgan fingerprint density at radius 3 is 0.981 bits per heavy atom. The van der Waals surface area contributed by atoms with Crippen molar-refractivity contribution in [3.05, 3.63) is 54.6 Å². The van der Waals surface area contributed by atoms with Crippen LogP contribution in [0.5, 0.6) is 34.5 Å². The molecule has 54 heavy (non-hydrogen) atoms. The summed E-state index contributed by atoms with van der Waals surface area (Å²) in [4.78, 5) is 14.0. The zero-order valence-electron chi connectivity index (χ0n) is 32.5. The first-order valence-corrected chi connectivity index (χ1v) is 19.1. The van der Waals surface area contributed by atoms with Crippen LogP contribution in [-0.2, 0) is 14.2 Å². The first-order valence-electron chi connectivity index (χ1n) is 19.1. The molecule has 4 rings (SSSR count). The maximum atomic E-state index is 11.2. The summed E-state index contributed by atoms with van der Waals surface area (Å²) < 4.78 is 35.0. The van der Waals surface area contributed by atoms with E-state index >= 15 is 0 Å². The lowest BCUT2D eigenvalue weighted by Crippen LogP contribution is -2.19. The minimum atomic E-state index is -0.236. The summed E-state index contributed by atoms with van der Waals surface area (Å²) in [5, 5.41) is 33.6. The van der Waals surface area contributed by atoms with Gasteiger partial charge in [-0.05, 0) is 76.4 Å². The smallest absolute Gasteiger partial charge is 0.167 e. The summed E-state index contributed by atoms with van der Waals surface area (Å²) in [5.74, 6) is 1.33. The van der Waals surface area contributed by atoms with Gasteiger partial charge in [0.15, 0.2) is 17.5 Å². The van der Waals surface area contributed by atoms with E-state index in [2.05, 4.69) is 35.7 Å². The molecule has 0 aliphatic heterocycles. The predicted molar refractivity (Wildman–Crippen MR) is 209 cm³/mol. The lowest BCUT2D eigenvalue weighted by atomic mass is 10.1. The van der Waals surface area contributed by atoms with Gasteiger partial charge in [0.25, 0.3) is 0 Å². The molecule has 1 heterocycles. The predicted octanol–water partition coefficient (Wildman–Crippen LogP) is 8.74. The molecule has 12 nitrogen and oxygen atoms in total. The molecule has 294 valence electrons. The number of phenolic OH excluding ortho intramolecular Hbond substituents is 3. The van der Waals surface area contributed by atoms with Crippen molar-refractivity contribution in [1.82, 2.24) is 15.0 Å². The van der Waals surface area contributed by atoms with Gasteiger partial charge in [-0.2, -0.15) is 0 Å². The molecule has 0 amide bonds. The molecule has 0 saturated carbocycles. The van der Waals surface area contributed by atoms with Gasteiger partial charge in [-0.25, -0.2) is 15.0 Å². The number of hydrogen-bond donors (Lipinski definition) is 3. The van der Waals surface area contributed by atoms with E-state index in [1.165, 1.54) is 18.2 Å². The van der Waals surface area contributed by atoms with Crippen LogP contribution < -0.4 is 14.2 Å². The molecule has 0 spiro atoms. The highest BCUT2D eigenvalue weighted by molar-refractivity contribution is 5.74. The highest BCUT2D eigenvalue weighted by Crippen LogP contribution is 2.38. The van der Waals surface area contributed by atoms with Gasteiger partial charge in [0.2, 0.25) is 0 Å². The largest absolute Gasteiger partial charge is 0.507 e. The zero-order chi connectivity index (χ0) is 38.9. The zero-order valence-corrected chi connectivity index (χ0v) is 32.5. The van der Waals surface area contributed by atoms with Crippen molar-refractivity contribution in [1.29, 1.82) is 0 Å². The number of aromatic hydroxyl groups is 3. The van der Waals surface area contributed by atoms with Crippen LogP contribution in [0.3, 0.4) is 0 Å². The molecule has 0 aliphatic carbocycles. The van der Waals surface area contributed by atoms with Gasteiger partial charge in [0.1, 0.15) is 52.8 Å². The third kappa shape index (κ3) is 13.0. The Labute approximate surface area is 319 Å². The van der Waals surface area contributed by atoms with Crippen molar-refractivity contribution in [3.8, 4) is 68.7 Å². The van der Waals surface area contributed by atoms with Crippen LogP contribution in [0.15, 0.2) is 54.6 Å². The Morgan fingerprint density at radius 2 is 0.741 bits per heavy atom. The van der Waals surface area contributed by atoms with Gasteiger partial charge >= 0.3 is 0 Å². The van der Waals surface area contributed by atoms with E-state index < -0.39 is 0 Å². The Hall–Kier alpha value is -4.65. The van der Waals surface area contributed by atoms with Crippen LogP contribution >= 0.6 is 0 Å². The highest BCUT2D eigenvalue weighted by atomic mass is 16.5. The van der Waals surface area contributed by atoms with Crippen molar-refractivity contribution >= 4 is 0 Å². The minimum Gasteiger partial charge on any atom is -0.507 e. The first kappa shape index (κ1) is 42.1. The molecule has 0 bridgehead atoms. The first-order chi connectivity index (χ1) is 26.1. The van der Waals surface area contributed by atoms with E-state index in [0.717, 1.165) is 38.5 Å². The van der Waals surface area contributed by atoms with Gasteiger partial charge < -0.3 is 43.7 Å². The Kier molecular flexibility index (Phi) is 17.1. The van der Waals surface area contributed by atoms with Gasteiger partial charge in [-0.1, -0.05) is 40.0 Å². The van der Waals surface area contributed by atoms with Crippen LogP contribution in [0.2, 0.25) is 0 Å². The average Bonchev–Trinajstić information content (AvgIpc) is 3.14. The Bertz CT molecular complexity index is 1530. The van der Waals surface area contributed by atoms with Crippen LogP contribution in [0.4, 0.5) is 0 Å². The van der Waals surface area contributed by atoms with Gasteiger partial charge in [-0.15, -0.1) is 0 Å². The van der Waals surface area contributed by atoms with Crippen LogP contribution in [0.25, 0.3) is 34.2 Å². The standard InChI is InChI=1S/C42H57N3O9/c1-7-10-19-49-25-28(4)52-31-13-16-34(37(46)22-31)40-43-41(35-17-14-32(23-38(35)47)53-29(5)26-50-20-11-8-2)45-42(44-40)36-18-15-33(24-39(36)48)54-30(6)27-51-21-12-9-3/h13-18,22-24,28-30,46-48H,7-12,19-21,25-27H2,1-6H3. The van der Waals surface area contributed by atoms with E-state index in [1.54, 1.807) is 36.4 Å². The molecule has 0 radical (unpaired) electrons. The third-order valence-corrected chi connectivity index (χ3v) is 8.26. The molecule has 3 unspecified atom stereocenters. The monoisotopic (exact) mass is 747 g/mol. The molecule has 0 saturated heterocycles. The molecule has 12 heteroatoms. The van der Waals surface area contributed by atoms with E-state index in [-0.39, 0.29) is 53.0 Å². The lowest BCUT2D eigenvalue weighted by Gasteiger charge is -2.17. The summed E-state index contributed by atoms with van der Waals surface area (Å²) in [6.45, 7) is 15.3. The maximum absolute atomic E-state index is 11.2. The number of aromatic nitrogens is 3. The SMILES string of the molecule is CCCCOCC(C)Oc1ccc(-c2nc(-c3ccc(OC(C)COCCCC)cc3O)nc(-c3ccc(OC(C)COCCCC)cc3O)n2)c(O)c1. The van der Waals surface area contributed by atoms with E-state index in [0.29, 0.717) is 73.6 Å². The topological polar surface area (TPSA) is 155 Å². The summed E-state index contributed by atoms with van der Waals surface area (Å²) in [6, 6.07) is 14.6. The van der Waals surface area contributed by atoms with Crippen molar-refractivity contribution in [3.63, 3.8) is 0 Å². The van der Waals surface area contributed by atoms with E-state index in [9.17, 15) is 15.3 Å². The quantitative estimate of drug-likeness (QED) is 0.0587. The normalized spacial score (nSPS) is 13.0. The number of hydrogen-bond acceptors (Lipinski definition) is 12. The molecule has 3 aromatic carbocycles. The second kappa shape index (κ2) is 21.9. The van der Waals surface area contributed by atoms with Crippen molar-refractivity contribution in [2.45, 2.75) is 98.4 Å². The number of rotatable bonds is 24. The average molecular weight is 748 g/mol. The number of nitrogens with zero attached hydrogens (tertiary/aromatic N) is 3. The molecular formula is C42H57N3O9. The molecular weight excluding hydrogens is 690 g/mol. The van der Waals surface area contributed by atoms with Crippen molar-refractivity contribution < 1.29 is 43.7 Å². The van der Waals surface area contributed by atoms with E-state index in [1.807, 2.05) is 20.8 Å². The van der Waals surface area contributed by atoms with Crippen molar-refractivity contribution in [2.24, 2.45) is 0 Å². The fourth-order valence-corrected chi connectivity index (χ4v) is 5.34. The number of ether oxygens (including phenoxy) is 6. The number of phenols is 3. The van der Waals surface area contributed by atoms with Crippen LogP contribution in [-0.4, -0.2) is 88.2 Å². The van der Waals surface area contributed by atoms with Gasteiger partial charge in [-0.3, -0.25) is 0 Å². The number of benzene rings is 3. The van der Waals surface area contributed by atoms with E-state index in [4.69, 9.17) is 28.4 Å². The van der Waals surface area contributed by atoms with Crippen molar-refractivity contribution in [2.75, 3.05) is 39.6 Å². The second-order valence-corrected chi connectivity index (χ2v) is 13.4. The molecule has 3 N–H and O–H groups in total. The Morgan fingerprint density at radius 1 is 0.463 bits per heavy atom. The third-order valence-electron chi connectivity index (χ3n) is 8.26. The van der Waals surface area contributed by atoms with Crippen LogP contribution in [0, 0.1) is 0 Å². The number of unbranched alkanes of at least 4 members (excludes halogenated alkanes) is 3. The summed E-state index contributed by atoms with van der Waals surface area (Å²) in [7, 11) is 0. The molecule has 1 aromatic heterocycles. The molecule has 0 fully saturated rings. The highest BCUT2D eigenvalue weighted by Gasteiger charge is 2.20. The van der Waals surface area contributed by atoms with Gasteiger partial charge in [0.05, 0.1) is 36.5 Å². The second-order valence-electron chi connectivity index (χ2n) is 13.4. The fourth-order valence-electron chi connectivity index (χ4n) is 5.34. The van der Waals surface area contributed by atoms with Gasteiger partial charge in [0, 0.05) is 38.0 Å². The summed E-state index contributed by atoms with van der Waals surface area (Å²) in [6.07, 6.45) is 5.37.